The lowest BCUT2D eigenvalue weighted by Crippen LogP contribution is -2.26. The Kier molecular flexibility index (Phi) is 4.96. The van der Waals surface area contributed by atoms with Crippen LogP contribution < -0.4 is 0 Å². The maximum atomic E-state index is 14.0. The molecule has 0 amide bonds. The molecule has 1 aromatic heterocycles. The monoisotopic (exact) mass is 359 g/mol. The van der Waals surface area contributed by atoms with Crippen LogP contribution in [0.1, 0.15) is 31.5 Å². The zero-order chi connectivity index (χ0) is 16.5. The lowest BCUT2D eigenvalue weighted by Gasteiger charge is -2.16. The van der Waals surface area contributed by atoms with E-state index < -0.39 is 29.0 Å². The van der Waals surface area contributed by atoms with Crippen LogP contribution >= 0.6 is 23.4 Å². The average molecular weight is 360 g/mol. The molecule has 0 N–H and O–H groups in total. The summed E-state index contributed by atoms with van der Waals surface area (Å²) in [4.78, 5) is 5.14. The summed E-state index contributed by atoms with van der Waals surface area (Å²) in [6.45, 7) is 3.29. The standard InChI is InChI=1S/C12H14ClF4N3OS/c1-3-20-10(14)7(9(18-20)12(15,16)17)5-22-8-4-11(2,6-13)21-19-8/h3-6H2,1-2H3. The minimum absolute atomic E-state index is 0.0218. The highest BCUT2D eigenvalue weighted by atomic mass is 35.5. The fourth-order valence-corrected chi connectivity index (χ4v) is 3.10. The molecule has 22 heavy (non-hydrogen) atoms. The van der Waals surface area contributed by atoms with Gasteiger partial charge in [-0.05, 0) is 13.8 Å². The van der Waals surface area contributed by atoms with Gasteiger partial charge in [0.05, 0.1) is 5.88 Å². The summed E-state index contributed by atoms with van der Waals surface area (Å²) in [7, 11) is 0. The van der Waals surface area contributed by atoms with Crippen molar-refractivity contribution in [3.63, 3.8) is 0 Å². The number of halogens is 5. The maximum Gasteiger partial charge on any atom is 0.435 e. The molecule has 0 aliphatic carbocycles. The number of thioether (sulfide) groups is 1. The van der Waals surface area contributed by atoms with E-state index in [0.29, 0.717) is 16.1 Å². The molecular weight excluding hydrogens is 346 g/mol. The number of hydrogen-bond donors (Lipinski definition) is 0. The zero-order valence-electron chi connectivity index (χ0n) is 11.9. The van der Waals surface area contributed by atoms with Gasteiger partial charge in [0.2, 0.25) is 5.95 Å². The van der Waals surface area contributed by atoms with Crippen molar-refractivity contribution in [3.8, 4) is 0 Å². The van der Waals surface area contributed by atoms with Gasteiger partial charge in [0, 0.05) is 24.3 Å². The average Bonchev–Trinajstić information content (AvgIpc) is 2.98. The van der Waals surface area contributed by atoms with Crippen LogP contribution in [0, 0.1) is 5.95 Å². The van der Waals surface area contributed by atoms with E-state index in [2.05, 4.69) is 10.3 Å². The highest BCUT2D eigenvalue weighted by Gasteiger charge is 2.40. The first-order chi connectivity index (χ1) is 10.2. The second-order valence-electron chi connectivity index (χ2n) is 5.06. The third-order valence-electron chi connectivity index (χ3n) is 3.11. The molecule has 0 bridgehead atoms. The first-order valence-corrected chi connectivity index (χ1v) is 7.98. The minimum Gasteiger partial charge on any atom is -0.387 e. The van der Waals surface area contributed by atoms with E-state index in [1.54, 1.807) is 6.92 Å². The van der Waals surface area contributed by atoms with Crippen LogP contribution in [0.15, 0.2) is 5.16 Å². The quantitative estimate of drug-likeness (QED) is 0.602. The predicted octanol–water partition coefficient (Wildman–Crippen LogP) is 4.03. The third kappa shape index (κ3) is 3.51. The van der Waals surface area contributed by atoms with Crippen molar-refractivity contribution in [2.45, 2.75) is 44.3 Å². The van der Waals surface area contributed by atoms with E-state index in [1.165, 1.54) is 6.92 Å². The number of alkyl halides is 4. The van der Waals surface area contributed by atoms with E-state index in [-0.39, 0.29) is 18.2 Å². The smallest absolute Gasteiger partial charge is 0.387 e. The van der Waals surface area contributed by atoms with Crippen molar-refractivity contribution in [1.82, 2.24) is 9.78 Å². The van der Waals surface area contributed by atoms with Crippen molar-refractivity contribution in [3.05, 3.63) is 17.2 Å². The Morgan fingerprint density at radius 1 is 1.45 bits per heavy atom. The Balaban J connectivity index is 2.15. The van der Waals surface area contributed by atoms with E-state index in [1.807, 2.05) is 0 Å². The van der Waals surface area contributed by atoms with Gasteiger partial charge < -0.3 is 4.84 Å². The Morgan fingerprint density at radius 2 is 2.14 bits per heavy atom. The van der Waals surface area contributed by atoms with Crippen LogP contribution in [0.3, 0.4) is 0 Å². The van der Waals surface area contributed by atoms with Crippen molar-refractivity contribution < 1.29 is 22.4 Å². The molecule has 0 aromatic carbocycles. The fraction of sp³-hybridized carbons (Fsp3) is 0.667. The summed E-state index contributed by atoms with van der Waals surface area (Å²) in [5, 5.41) is 7.57. The number of aromatic nitrogens is 2. The molecule has 1 unspecified atom stereocenters. The van der Waals surface area contributed by atoms with Gasteiger partial charge in [0.25, 0.3) is 0 Å². The van der Waals surface area contributed by atoms with E-state index in [4.69, 9.17) is 16.4 Å². The first kappa shape index (κ1) is 17.4. The molecule has 2 heterocycles. The summed E-state index contributed by atoms with van der Waals surface area (Å²) in [6, 6.07) is 0. The van der Waals surface area contributed by atoms with Crippen LogP contribution in [0.5, 0.6) is 0 Å². The minimum atomic E-state index is -4.70. The molecule has 1 atom stereocenters. The molecule has 1 aromatic rings. The van der Waals surface area contributed by atoms with Crippen molar-refractivity contribution in [2.75, 3.05) is 5.88 Å². The Hall–Kier alpha value is -0.960. The molecule has 124 valence electrons. The van der Waals surface area contributed by atoms with Gasteiger partial charge in [-0.1, -0.05) is 5.16 Å². The molecule has 1 aliphatic rings. The van der Waals surface area contributed by atoms with Gasteiger partial charge in [-0.15, -0.1) is 23.4 Å². The normalized spacial score (nSPS) is 21.9. The molecule has 2 rings (SSSR count). The SMILES string of the molecule is CCn1nc(C(F)(F)F)c(CSC2=NOC(C)(CCl)C2)c1F. The number of aryl methyl sites for hydroxylation is 1. The molecule has 0 spiro atoms. The van der Waals surface area contributed by atoms with E-state index in [0.717, 1.165) is 11.8 Å². The number of oxime groups is 1. The van der Waals surface area contributed by atoms with Crippen molar-refractivity contribution >= 4 is 28.4 Å². The van der Waals surface area contributed by atoms with Gasteiger partial charge in [-0.25, -0.2) is 4.68 Å². The van der Waals surface area contributed by atoms with Gasteiger partial charge in [0.1, 0.15) is 5.04 Å². The summed E-state index contributed by atoms with van der Waals surface area (Å²) in [6.07, 6.45) is -4.32. The molecule has 0 saturated carbocycles. The third-order valence-corrected chi connectivity index (χ3v) is 4.66. The molecule has 0 fully saturated rings. The Bertz CT molecular complexity index is 590. The Morgan fingerprint density at radius 3 is 2.64 bits per heavy atom. The molecular formula is C12H14ClF4N3OS. The topological polar surface area (TPSA) is 39.4 Å². The van der Waals surface area contributed by atoms with Crippen LogP contribution in [-0.2, 0) is 23.3 Å². The fourth-order valence-electron chi connectivity index (χ4n) is 1.89. The molecule has 4 nitrogen and oxygen atoms in total. The number of hydrogen-bond acceptors (Lipinski definition) is 4. The van der Waals surface area contributed by atoms with Crippen LogP contribution in [0.4, 0.5) is 17.6 Å². The lowest BCUT2D eigenvalue weighted by atomic mass is 10.1. The van der Waals surface area contributed by atoms with Gasteiger partial charge in [-0.2, -0.15) is 22.7 Å². The second kappa shape index (κ2) is 6.27. The van der Waals surface area contributed by atoms with Crippen LogP contribution in [-0.4, -0.2) is 26.3 Å². The van der Waals surface area contributed by atoms with Crippen molar-refractivity contribution in [2.24, 2.45) is 5.16 Å². The summed E-state index contributed by atoms with van der Waals surface area (Å²) in [5.41, 5.74) is -2.33. The highest BCUT2D eigenvalue weighted by Crippen LogP contribution is 2.36. The molecule has 0 saturated heterocycles. The predicted molar refractivity (Wildman–Crippen MR) is 76.4 cm³/mol. The van der Waals surface area contributed by atoms with Gasteiger partial charge in [0.15, 0.2) is 11.3 Å². The number of nitrogens with zero attached hydrogens (tertiary/aromatic N) is 3. The highest BCUT2D eigenvalue weighted by molar-refractivity contribution is 8.13. The van der Waals surface area contributed by atoms with E-state index >= 15 is 0 Å². The number of rotatable bonds is 4. The molecule has 0 radical (unpaired) electrons. The lowest BCUT2D eigenvalue weighted by molar-refractivity contribution is -0.142. The van der Waals surface area contributed by atoms with E-state index in [9.17, 15) is 17.6 Å². The van der Waals surface area contributed by atoms with Gasteiger partial charge >= 0.3 is 6.18 Å². The van der Waals surface area contributed by atoms with Crippen LogP contribution in [0.2, 0.25) is 0 Å². The summed E-state index contributed by atoms with van der Waals surface area (Å²) < 4.78 is 53.5. The second-order valence-corrected chi connectivity index (χ2v) is 6.37. The maximum absolute atomic E-state index is 14.0. The first-order valence-electron chi connectivity index (χ1n) is 6.46. The summed E-state index contributed by atoms with van der Waals surface area (Å²) in [5.74, 6) is -0.987. The van der Waals surface area contributed by atoms with Gasteiger partial charge in [-0.3, -0.25) is 0 Å². The largest absolute Gasteiger partial charge is 0.435 e. The molecule has 1 aliphatic heterocycles. The Labute approximate surface area is 133 Å². The van der Waals surface area contributed by atoms with Crippen LogP contribution in [0.25, 0.3) is 0 Å². The summed E-state index contributed by atoms with van der Waals surface area (Å²) >= 11 is 6.73. The van der Waals surface area contributed by atoms with Crippen molar-refractivity contribution in [1.29, 1.82) is 0 Å². The molecule has 10 heteroatoms. The zero-order valence-corrected chi connectivity index (χ0v) is 13.4.